The van der Waals surface area contributed by atoms with Gasteiger partial charge in [-0.3, -0.25) is 15.1 Å². The number of nitrogens with zero attached hydrogens (tertiary/aromatic N) is 4. The Labute approximate surface area is 120 Å². The van der Waals surface area contributed by atoms with E-state index in [9.17, 15) is 10.1 Å². The van der Waals surface area contributed by atoms with Gasteiger partial charge in [0.05, 0.1) is 21.7 Å². The van der Waals surface area contributed by atoms with Crippen molar-refractivity contribution in [2.75, 3.05) is 0 Å². The summed E-state index contributed by atoms with van der Waals surface area (Å²) in [4.78, 5) is 18.7. The van der Waals surface area contributed by atoms with E-state index in [1.165, 1.54) is 12.3 Å². The summed E-state index contributed by atoms with van der Waals surface area (Å²) in [6.45, 7) is 1.73. The summed E-state index contributed by atoms with van der Waals surface area (Å²) in [6, 6.07) is 1.39. The molecule has 0 spiro atoms. The SMILES string of the molecule is Cc1ncc([N+](=O)[O-])cc1-c1nc(C2(N)CCCC2)no1. The maximum absolute atomic E-state index is 10.8. The summed E-state index contributed by atoms with van der Waals surface area (Å²) in [5.74, 6) is 0.677. The van der Waals surface area contributed by atoms with Crippen LogP contribution in [0.4, 0.5) is 5.69 Å². The molecule has 0 bridgehead atoms. The van der Waals surface area contributed by atoms with E-state index >= 15 is 0 Å². The van der Waals surface area contributed by atoms with Crippen molar-refractivity contribution in [3.8, 4) is 11.5 Å². The third kappa shape index (κ3) is 2.38. The van der Waals surface area contributed by atoms with E-state index in [0.717, 1.165) is 25.7 Å². The number of hydrogen-bond acceptors (Lipinski definition) is 7. The molecule has 21 heavy (non-hydrogen) atoms. The van der Waals surface area contributed by atoms with Crippen LogP contribution in [0.25, 0.3) is 11.5 Å². The standard InChI is InChI=1S/C13H15N5O3/c1-8-10(6-9(7-15-8)18(19)20)11-16-12(17-21-11)13(14)4-2-3-5-13/h6-7H,2-5,14H2,1H3. The number of pyridine rings is 1. The molecule has 2 heterocycles. The Balaban J connectivity index is 2.00. The van der Waals surface area contributed by atoms with E-state index in [0.29, 0.717) is 17.1 Å². The van der Waals surface area contributed by atoms with Crippen molar-refractivity contribution in [2.24, 2.45) is 5.73 Å². The highest BCUT2D eigenvalue weighted by atomic mass is 16.6. The van der Waals surface area contributed by atoms with Crippen LogP contribution in [0.15, 0.2) is 16.8 Å². The lowest BCUT2D eigenvalue weighted by Gasteiger charge is -2.17. The minimum atomic E-state index is -0.552. The highest BCUT2D eigenvalue weighted by Crippen LogP contribution is 2.35. The van der Waals surface area contributed by atoms with Gasteiger partial charge in [-0.1, -0.05) is 18.0 Å². The number of nitrogens with two attached hydrogens (primary N) is 1. The van der Waals surface area contributed by atoms with Gasteiger partial charge in [-0.15, -0.1) is 0 Å². The molecule has 0 atom stereocenters. The largest absolute Gasteiger partial charge is 0.334 e. The summed E-state index contributed by atoms with van der Waals surface area (Å²) in [5.41, 5.74) is 6.67. The quantitative estimate of drug-likeness (QED) is 0.678. The Morgan fingerprint density at radius 3 is 2.81 bits per heavy atom. The second-order valence-electron chi connectivity index (χ2n) is 5.37. The van der Waals surface area contributed by atoms with E-state index in [2.05, 4.69) is 15.1 Å². The smallest absolute Gasteiger partial charge is 0.288 e. The molecule has 2 aromatic heterocycles. The molecule has 0 saturated heterocycles. The zero-order valence-corrected chi connectivity index (χ0v) is 11.6. The molecule has 2 aromatic rings. The molecule has 1 aliphatic carbocycles. The summed E-state index contributed by atoms with van der Waals surface area (Å²) in [7, 11) is 0. The molecule has 0 amide bonds. The van der Waals surface area contributed by atoms with E-state index in [-0.39, 0.29) is 11.6 Å². The molecule has 1 fully saturated rings. The van der Waals surface area contributed by atoms with Crippen LogP contribution in [0.2, 0.25) is 0 Å². The molecule has 0 aliphatic heterocycles. The van der Waals surface area contributed by atoms with Gasteiger partial charge in [0.1, 0.15) is 6.20 Å². The van der Waals surface area contributed by atoms with Crippen LogP contribution in [-0.2, 0) is 5.54 Å². The molecule has 8 heteroatoms. The molecule has 110 valence electrons. The molecule has 0 radical (unpaired) electrons. The Bertz CT molecular complexity index is 691. The lowest BCUT2D eigenvalue weighted by molar-refractivity contribution is -0.385. The molecule has 2 N–H and O–H groups in total. The van der Waals surface area contributed by atoms with E-state index in [4.69, 9.17) is 10.3 Å². The van der Waals surface area contributed by atoms with Crippen LogP contribution >= 0.6 is 0 Å². The average molecular weight is 289 g/mol. The molecule has 3 rings (SSSR count). The molecular weight excluding hydrogens is 274 g/mol. The maximum atomic E-state index is 10.8. The minimum Gasteiger partial charge on any atom is -0.334 e. The van der Waals surface area contributed by atoms with Crippen molar-refractivity contribution in [3.05, 3.63) is 33.9 Å². The van der Waals surface area contributed by atoms with Gasteiger partial charge in [0.15, 0.2) is 5.82 Å². The molecule has 1 saturated carbocycles. The normalized spacial score (nSPS) is 17.0. The zero-order chi connectivity index (χ0) is 15.0. The van der Waals surface area contributed by atoms with Crippen LogP contribution in [0.5, 0.6) is 0 Å². The monoisotopic (exact) mass is 289 g/mol. The van der Waals surface area contributed by atoms with E-state index < -0.39 is 10.5 Å². The van der Waals surface area contributed by atoms with Gasteiger partial charge in [0.2, 0.25) is 0 Å². The lowest BCUT2D eigenvalue weighted by Crippen LogP contribution is -2.34. The Kier molecular flexibility index (Phi) is 3.17. The van der Waals surface area contributed by atoms with Gasteiger partial charge in [-0.2, -0.15) is 4.98 Å². The second-order valence-corrected chi connectivity index (χ2v) is 5.37. The van der Waals surface area contributed by atoms with Crippen LogP contribution < -0.4 is 5.73 Å². The highest BCUT2D eigenvalue weighted by molar-refractivity contribution is 5.59. The number of aromatic nitrogens is 3. The lowest BCUT2D eigenvalue weighted by atomic mass is 9.98. The molecular formula is C13H15N5O3. The molecule has 8 nitrogen and oxygen atoms in total. The molecule has 0 aromatic carbocycles. The number of aryl methyl sites for hydroxylation is 1. The van der Waals surface area contributed by atoms with Gasteiger partial charge in [-0.25, -0.2) is 0 Å². The Morgan fingerprint density at radius 2 is 2.14 bits per heavy atom. The van der Waals surface area contributed by atoms with Crippen LogP contribution in [0.1, 0.15) is 37.2 Å². The van der Waals surface area contributed by atoms with Crippen LogP contribution in [-0.4, -0.2) is 20.0 Å². The van der Waals surface area contributed by atoms with Crippen molar-refractivity contribution in [1.29, 1.82) is 0 Å². The van der Waals surface area contributed by atoms with Gasteiger partial charge in [0, 0.05) is 6.07 Å². The Hall–Kier alpha value is -2.35. The van der Waals surface area contributed by atoms with Crippen molar-refractivity contribution in [2.45, 2.75) is 38.1 Å². The number of rotatable bonds is 3. The summed E-state index contributed by atoms with van der Waals surface area (Å²) < 4.78 is 5.24. The van der Waals surface area contributed by atoms with Gasteiger partial charge in [-0.05, 0) is 19.8 Å². The second kappa shape index (κ2) is 4.88. The summed E-state index contributed by atoms with van der Waals surface area (Å²) in [5, 5.41) is 14.8. The topological polar surface area (TPSA) is 121 Å². The molecule has 0 unspecified atom stereocenters. The fourth-order valence-electron chi connectivity index (χ4n) is 2.60. The summed E-state index contributed by atoms with van der Waals surface area (Å²) >= 11 is 0. The average Bonchev–Trinajstić information content (AvgIpc) is 3.08. The van der Waals surface area contributed by atoms with Crippen molar-refractivity contribution in [1.82, 2.24) is 15.1 Å². The maximum Gasteiger partial charge on any atom is 0.288 e. The van der Waals surface area contributed by atoms with Gasteiger partial charge < -0.3 is 10.3 Å². The van der Waals surface area contributed by atoms with E-state index in [1.807, 2.05) is 0 Å². The van der Waals surface area contributed by atoms with Crippen molar-refractivity contribution >= 4 is 5.69 Å². The summed E-state index contributed by atoms with van der Waals surface area (Å²) in [6.07, 6.45) is 4.92. The fraction of sp³-hybridized carbons (Fsp3) is 0.462. The van der Waals surface area contributed by atoms with Crippen molar-refractivity contribution in [3.63, 3.8) is 0 Å². The number of nitro groups is 1. The van der Waals surface area contributed by atoms with Crippen LogP contribution in [0, 0.1) is 17.0 Å². The Morgan fingerprint density at radius 1 is 1.43 bits per heavy atom. The highest BCUT2D eigenvalue weighted by Gasteiger charge is 2.36. The van der Waals surface area contributed by atoms with E-state index in [1.54, 1.807) is 6.92 Å². The van der Waals surface area contributed by atoms with Crippen molar-refractivity contribution < 1.29 is 9.45 Å². The first-order chi connectivity index (χ1) is 9.99. The van der Waals surface area contributed by atoms with Gasteiger partial charge in [0.25, 0.3) is 11.6 Å². The fourth-order valence-corrected chi connectivity index (χ4v) is 2.60. The third-order valence-corrected chi connectivity index (χ3v) is 3.88. The first-order valence-corrected chi connectivity index (χ1v) is 6.74. The molecule has 1 aliphatic rings. The first-order valence-electron chi connectivity index (χ1n) is 6.74. The van der Waals surface area contributed by atoms with Gasteiger partial charge >= 0.3 is 0 Å². The minimum absolute atomic E-state index is 0.112. The first kappa shape index (κ1) is 13.6. The zero-order valence-electron chi connectivity index (χ0n) is 11.6. The third-order valence-electron chi connectivity index (χ3n) is 3.88. The van der Waals surface area contributed by atoms with Crippen LogP contribution in [0.3, 0.4) is 0 Å². The number of hydrogen-bond donors (Lipinski definition) is 1. The predicted octanol–water partition coefficient (Wildman–Crippen LogP) is 2.08. The predicted molar refractivity (Wildman–Crippen MR) is 73.3 cm³/mol.